The van der Waals surface area contributed by atoms with Crippen LogP contribution in [-0.4, -0.2) is 21.0 Å². The summed E-state index contributed by atoms with van der Waals surface area (Å²) >= 11 is 0. The number of hydrogen-bond acceptors (Lipinski definition) is 6. The molecule has 3 aromatic rings. The summed E-state index contributed by atoms with van der Waals surface area (Å²) in [6.45, 7) is 4.35. The summed E-state index contributed by atoms with van der Waals surface area (Å²) in [7, 11) is 0. The highest BCUT2D eigenvalue weighted by Gasteiger charge is 2.11. The van der Waals surface area contributed by atoms with E-state index < -0.39 is 0 Å². The molecule has 3 rings (SSSR count). The van der Waals surface area contributed by atoms with Crippen LogP contribution in [0, 0.1) is 0 Å². The van der Waals surface area contributed by atoms with Gasteiger partial charge in [0.25, 0.3) is 0 Å². The molecule has 0 unspecified atom stereocenters. The van der Waals surface area contributed by atoms with Crippen LogP contribution < -0.4 is 10.1 Å². The highest BCUT2D eigenvalue weighted by Crippen LogP contribution is 2.19. The zero-order valence-electron chi connectivity index (χ0n) is 15.4. The second kappa shape index (κ2) is 8.93. The number of rotatable bonds is 8. The average Bonchev–Trinajstić information content (AvgIpc) is 3.15. The van der Waals surface area contributed by atoms with Gasteiger partial charge in [-0.05, 0) is 24.3 Å². The highest BCUT2D eigenvalue weighted by molar-refractivity contribution is 5.90. The number of benzene rings is 1. The molecule has 0 aliphatic carbocycles. The SMILES string of the molecule is CC(C)c1noc(CCC(=O)Nc2cccc(OCc3ccccn3)c2)n1. The lowest BCUT2D eigenvalue weighted by atomic mass is 10.2. The lowest BCUT2D eigenvalue weighted by molar-refractivity contribution is -0.116. The van der Waals surface area contributed by atoms with Crippen molar-refractivity contribution in [2.45, 2.75) is 39.2 Å². The Balaban J connectivity index is 1.50. The van der Waals surface area contributed by atoms with Crippen molar-refractivity contribution in [2.24, 2.45) is 0 Å². The summed E-state index contributed by atoms with van der Waals surface area (Å²) in [6.07, 6.45) is 2.39. The van der Waals surface area contributed by atoms with Gasteiger partial charge >= 0.3 is 0 Å². The topological polar surface area (TPSA) is 90.1 Å². The van der Waals surface area contributed by atoms with E-state index in [9.17, 15) is 4.79 Å². The molecule has 0 spiro atoms. The second-order valence-corrected chi connectivity index (χ2v) is 6.39. The average molecular weight is 366 g/mol. The fourth-order valence-electron chi connectivity index (χ4n) is 2.35. The zero-order chi connectivity index (χ0) is 19.1. The maximum Gasteiger partial charge on any atom is 0.227 e. The normalized spacial score (nSPS) is 10.8. The Labute approximate surface area is 157 Å². The van der Waals surface area contributed by atoms with Crippen molar-refractivity contribution in [1.82, 2.24) is 15.1 Å². The summed E-state index contributed by atoms with van der Waals surface area (Å²) in [5.74, 6) is 1.87. The third-order valence-electron chi connectivity index (χ3n) is 3.80. The van der Waals surface area contributed by atoms with Crippen LogP contribution in [0.1, 0.15) is 43.6 Å². The number of nitrogens with zero attached hydrogens (tertiary/aromatic N) is 3. The summed E-state index contributed by atoms with van der Waals surface area (Å²) in [6, 6.07) is 12.9. The van der Waals surface area contributed by atoms with Crippen molar-refractivity contribution < 1.29 is 14.1 Å². The van der Waals surface area contributed by atoms with Gasteiger partial charge in [0, 0.05) is 36.7 Å². The first-order chi connectivity index (χ1) is 13.1. The van der Waals surface area contributed by atoms with E-state index in [0.29, 0.717) is 36.2 Å². The van der Waals surface area contributed by atoms with Gasteiger partial charge in [-0.1, -0.05) is 31.1 Å². The number of anilines is 1. The van der Waals surface area contributed by atoms with Crippen LogP contribution in [0.5, 0.6) is 5.75 Å². The van der Waals surface area contributed by atoms with Crippen molar-refractivity contribution in [2.75, 3.05) is 5.32 Å². The van der Waals surface area contributed by atoms with Crippen molar-refractivity contribution >= 4 is 11.6 Å². The van der Waals surface area contributed by atoms with Crippen LogP contribution in [0.2, 0.25) is 0 Å². The third kappa shape index (κ3) is 5.64. The van der Waals surface area contributed by atoms with Gasteiger partial charge in [-0.15, -0.1) is 0 Å². The first-order valence-electron chi connectivity index (χ1n) is 8.85. The van der Waals surface area contributed by atoms with Gasteiger partial charge in [0.1, 0.15) is 12.4 Å². The van der Waals surface area contributed by atoms with Gasteiger partial charge in [-0.2, -0.15) is 4.98 Å². The van der Waals surface area contributed by atoms with Gasteiger partial charge < -0.3 is 14.6 Å². The van der Waals surface area contributed by atoms with E-state index in [1.54, 1.807) is 12.3 Å². The van der Waals surface area contributed by atoms with Crippen LogP contribution in [-0.2, 0) is 17.8 Å². The number of carbonyl (C=O) groups is 1. The van der Waals surface area contributed by atoms with Gasteiger partial charge in [0.2, 0.25) is 11.8 Å². The zero-order valence-corrected chi connectivity index (χ0v) is 15.4. The lowest BCUT2D eigenvalue weighted by Gasteiger charge is -2.09. The van der Waals surface area contributed by atoms with E-state index >= 15 is 0 Å². The fourth-order valence-corrected chi connectivity index (χ4v) is 2.35. The van der Waals surface area contributed by atoms with Gasteiger partial charge in [-0.3, -0.25) is 9.78 Å². The lowest BCUT2D eigenvalue weighted by Crippen LogP contribution is -2.12. The molecule has 2 heterocycles. The van der Waals surface area contributed by atoms with Crippen LogP contribution in [0.15, 0.2) is 53.2 Å². The molecule has 2 aromatic heterocycles. The molecule has 27 heavy (non-hydrogen) atoms. The molecule has 1 N–H and O–H groups in total. The Morgan fingerprint density at radius 3 is 2.85 bits per heavy atom. The predicted octanol–water partition coefficient (Wildman–Crippen LogP) is 3.74. The molecule has 0 bridgehead atoms. The molecular weight excluding hydrogens is 344 g/mol. The number of nitrogens with one attached hydrogen (secondary N) is 1. The Bertz CT molecular complexity index is 878. The number of aryl methyl sites for hydroxylation is 1. The molecule has 140 valence electrons. The largest absolute Gasteiger partial charge is 0.487 e. The standard InChI is InChI=1S/C20H22N4O3/c1-14(2)20-23-19(27-24-20)10-9-18(25)22-15-7-5-8-17(12-15)26-13-16-6-3-4-11-21-16/h3-8,11-12,14H,9-10,13H2,1-2H3,(H,22,25). The van der Waals surface area contributed by atoms with E-state index in [1.807, 2.05) is 50.2 Å². The molecule has 1 amide bonds. The quantitative estimate of drug-likeness (QED) is 0.653. The second-order valence-electron chi connectivity index (χ2n) is 6.39. The van der Waals surface area contributed by atoms with Crippen molar-refractivity contribution in [3.8, 4) is 5.75 Å². The van der Waals surface area contributed by atoms with E-state index in [0.717, 1.165) is 5.69 Å². The van der Waals surface area contributed by atoms with Crippen LogP contribution in [0.4, 0.5) is 5.69 Å². The number of aromatic nitrogens is 3. The molecule has 0 saturated carbocycles. The number of pyridine rings is 1. The Hall–Kier alpha value is -3.22. The van der Waals surface area contributed by atoms with E-state index in [4.69, 9.17) is 9.26 Å². The maximum absolute atomic E-state index is 12.2. The summed E-state index contributed by atoms with van der Waals surface area (Å²) < 4.78 is 10.9. The molecule has 7 nitrogen and oxygen atoms in total. The smallest absolute Gasteiger partial charge is 0.227 e. The number of carbonyl (C=O) groups excluding carboxylic acids is 1. The summed E-state index contributed by atoms with van der Waals surface area (Å²) in [5, 5.41) is 6.75. The summed E-state index contributed by atoms with van der Waals surface area (Å²) in [5.41, 5.74) is 1.51. The van der Waals surface area contributed by atoms with Gasteiger partial charge in [0.05, 0.1) is 5.69 Å². The summed E-state index contributed by atoms with van der Waals surface area (Å²) in [4.78, 5) is 20.7. The maximum atomic E-state index is 12.2. The van der Waals surface area contributed by atoms with Gasteiger partial charge in [-0.25, -0.2) is 0 Å². The molecule has 7 heteroatoms. The molecule has 1 aromatic carbocycles. The first-order valence-corrected chi connectivity index (χ1v) is 8.85. The minimum atomic E-state index is -0.124. The molecular formula is C20H22N4O3. The number of ether oxygens (including phenoxy) is 1. The monoisotopic (exact) mass is 366 g/mol. The minimum absolute atomic E-state index is 0.124. The third-order valence-corrected chi connectivity index (χ3v) is 3.80. The van der Waals surface area contributed by atoms with Crippen molar-refractivity contribution in [3.63, 3.8) is 0 Å². The number of amides is 1. The molecule has 0 saturated heterocycles. The Morgan fingerprint density at radius 1 is 1.22 bits per heavy atom. The van der Waals surface area contributed by atoms with Crippen molar-refractivity contribution in [1.29, 1.82) is 0 Å². The van der Waals surface area contributed by atoms with E-state index in [-0.39, 0.29) is 18.2 Å². The molecule has 0 aliphatic heterocycles. The van der Waals surface area contributed by atoms with Crippen LogP contribution >= 0.6 is 0 Å². The highest BCUT2D eigenvalue weighted by atomic mass is 16.5. The number of hydrogen-bond donors (Lipinski definition) is 1. The van der Waals surface area contributed by atoms with Crippen LogP contribution in [0.25, 0.3) is 0 Å². The Kier molecular flexibility index (Phi) is 6.14. The van der Waals surface area contributed by atoms with Crippen molar-refractivity contribution in [3.05, 3.63) is 66.1 Å². The molecule has 0 radical (unpaired) electrons. The first kappa shape index (κ1) is 18.6. The van der Waals surface area contributed by atoms with E-state index in [1.165, 1.54) is 0 Å². The molecule has 0 atom stereocenters. The fraction of sp³-hybridized carbons (Fsp3) is 0.300. The minimum Gasteiger partial charge on any atom is -0.487 e. The van der Waals surface area contributed by atoms with Crippen LogP contribution in [0.3, 0.4) is 0 Å². The molecule has 0 fully saturated rings. The Morgan fingerprint density at radius 2 is 2.11 bits per heavy atom. The molecule has 0 aliphatic rings. The van der Waals surface area contributed by atoms with Gasteiger partial charge in [0.15, 0.2) is 5.82 Å². The van der Waals surface area contributed by atoms with E-state index in [2.05, 4.69) is 20.4 Å². The predicted molar refractivity (Wildman–Crippen MR) is 100 cm³/mol.